The van der Waals surface area contributed by atoms with Crippen molar-refractivity contribution < 1.29 is 9.53 Å². The van der Waals surface area contributed by atoms with Gasteiger partial charge in [0.25, 0.3) is 0 Å². The second kappa shape index (κ2) is 8.53. The Morgan fingerprint density at radius 1 is 1.25 bits per heavy atom. The minimum absolute atomic E-state index is 0.0558. The van der Waals surface area contributed by atoms with Crippen LogP contribution in [0.3, 0.4) is 0 Å². The molecular formula is C12H26N2O2. The molecule has 0 saturated carbocycles. The van der Waals surface area contributed by atoms with E-state index in [0.717, 1.165) is 6.54 Å². The molecule has 0 rings (SSSR count). The molecule has 96 valence electrons. The number of ether oxygens (including phenoxy) is 1. The molecule has 0 saturated heterocycles. The van der Waals surface area contributed by atoms with E-state index in [0.29, 0.717) is 30.9 Å². The van der Waals surface area contributed by atoms with Gasteiger partial charge < -0.3 is 15.8 Å². The summed E-state index contributed by atoms with van der Waals surface area (Å²) >= 11 is 0. The van der Waals surface area contributed by atoms with Gasteiger partial charge in [0.2, 0.25) is 5.91 Å². The lowest BCUT2D eigenvalue weighted by atomic mass is 9.85. The Morgan fingerprint density at radius 3 is 2.25 bits per heavy atom. The van der Waals surface area contributed by atoms with Crippen LogP contribution in [0.5, 0.6) is 0 Å². The molecule has 0 unspecified atom stereocenters. The topological polar surface area (TPSA) is 64.3 Å². The monoisotopic (exact) mass is 230 g/mol. The number of hydrogen-bond donors (Lipinski definition) is 2. The molecule has 0 aromatic carbocycles. The molecule has 0 spiro atoms. The summed E-state index contributed by atoms with van der Waals surface area (Å²) in [6.07, 6.45) is 0. The smallest absolute Gasteiger partial charge is 0.246 e. The third-order valence-electron chi connectivity index (χ3n) is 2.74. The largest absolute Gasteiger partial charge is 0.370 e. The number of amides is 1. The Kier molecular flexibility index (Phi) is 8.21. The molecule has 0 atom stereocenters. The third-order valence-corrected chi connectivity index (χ3v) is 2.74. The summed E-state index contributed by atoms with van der Waals surface area (Å²) in [6.45, 7) is 10.5. The molecule has 0 aliphatic heterocycles. The van der Waals surface area contributed by atoms with Crippen molar-refractivity contribution in [2.75, 3.05) is 26.3 Å². The predicted octanol–water partition coefficient (Wildman–Crippen LogP) is 1.01. The first kappa shape index (κ1) is 15.4. The summed E-state index contributed by atoms with van der Waals surface area (Å²) in [4.78, 5) is 11.4. The second-order valence-electron chi connectivity index (χ2n) is 4.80. The molecule has 16 heavy (non-hydrogen) atoms. The van der Waals surface area contributed by atoms with Crippen molar-refractivity contribution in [1.29, 1.82) is 0 Å². The fourth-order valence-electron chi connectivity index (χ4n) is 1.77. The average Bonchev–Trinajstić information content (AvgIpc) is 2.17. The van der Waals surface area contributed by atoms with Crippen molar-refractivity contribution >= 4 is 5.91 Å². The van der Waals surface area contributed by atoms with Crippen molar-refractivity contribution in [3.63, 3.8) is 0 Å². The fourth-order valence-corrected chi connectivity index (χ4v) is 1.77. The lowest BCUT2D eigenvalue weighted by Gasteiger charge is -2.25. The fraction of sp³-hybridized carbons (Fsp3) is 0.917. The van der Waals surface area contributed by atoms with Gasteiger partial charge in [-0.05, 0) is 17.8 Å². The molecule has 0 aromatic heterocycles. The third kappa shape index (κ3) is 6.80. The van der Waals surface area contributed by atoms with E-state index < -0.39 is 0 Å². The minimum Gasteiger partial charge on any atom is -0.370 e. The van der Waals surface area contributed by atoms with E-state index in [1.165, 1.54) is 0 Å². The van der Waals surface area contributed by atoms with Crippen LogP contribution in [0.2, 0.25) is 0 Å². The van der Waals surface area contributed by atoms with Gasteiger partial charge in [-0.2, -0.15) is 0 Å². The van der Waals surface area contributed by atoms with Crippen molar-refractivity contribution in [3.05, 3.63) is 0 Å². The van der Waals surface area contributed by atoms with Crippen LogP contribution in [0.15, 0.2) is 0 Å². The maximum Gasteiger partial charge on any atom is 0.246 e. The highest BCUT2D eigenvalue weighted by molar-refractivity contribution is 5.77. The molecular weight excluding hydrogens is 204 g/mol. The van der Waals surface area contributed by atoms with E-state index in [1.807, 2.05) is 0 Å². The standard InChI is InChI=1S/C12H26N2O2/c1-9(2)11(10(3)4)7-14-12(15)8-16-6-5-13/h9-11H,5-8,13H2,1-4H3,(H,14,15). The second-order valence-corrected chi connectivity index (χ2v) is 4.80. The zero-order valence-corrected chi connectivity index (χ0v) is 11.0. The maximum atomic E-state index is 11.4. The normalized spacial score (nSPS) is 11.5. The molecule has 0 heterocycles. The van der Waals surface area contributed by atoms with E-state index in [2.05, 4.69) is 33.0 Å². The van der Waals surface area contributed by atoms with Crippen molar-refractivity contribution in [2.45, 2.75) is 27.7 Å². The van der Waals surface area contributed by atoms with Crippen molar-refractivity contribution in [1.82, 2.24) is 5.32 Å². The first-order valence-electron chi connectivity index (χ1n) is 6.03. The quantitative estimate of drug-likeness (QED) is 0.612. The van der Waals surface area contributed by atoms with Crippen molar-refractivity contribution in [2.24, 2.45) is 23.5 Å². The Bertz CT molecular complexity index is 185. The van der Waals surface area contributed by atoms with Crippen LogP contribution in [0.25, 0.3) is 0 Å². The Labute approximate surface area is 98.9 Å². The first-order valence-corrected chi connectivity index (χ1v) is 6.03. The SMILES string of the molecule is CC(C)C(CNC(=O)COCCN)C(C)C. The Morgan fingerprint density at radius 2 is 1.81 bits per heavy atom. The van der Waals surface area contributed by atoms with Crippen LogP contribution >= 0.6 is 0 Å². The zero-order chi connectivity index (χ0) is 12.6. The molecule has 3 N–H and O–H groups in total. The number of rotatable bonds is 8. The Balaban J connectivity index is 3.79. The van der Waals surface area contributed by atoms with E-state index in [9.17, 15) is 4.79 Å². The van der Waals surface area contributed by atoms with Gasteiger partial charge in [-0.1, -0.05) is 27.7 Å². The highest BCUT2D eigenvalue weighted by Gasteiger charge is 2.17. The van der Waals surface area contributed by atoms with Gasteiger partial charge >= 0.3 is 0 Å². The lowest BCUT2D eigenvalue weighted by molar-refractivity contribution is -0.125. The first-order chi connectivity index (χ1) is 7.49. The van der Waals surface area contributed by atoms with Gasteiger partial charge in [0, 0.05) is 13.1 Å². The Hall–Kier alpha value is -0.610. The van der Waals surface area contributed by atoms with Crippen LogP contribution in [-0.4, -0.2) is 32.2 Å². The van der Waals surface area contributed by atoms with Gasteiger partial charge in [-0.15, -0.1) is 0 Å². The molecule has 1 amide bonds. The number of carbonyl (C=O) groups is 1. The van der Waals surface area contributed by atoms with Gasteiger partial charge in [0.05, 0.1) is 6.61 Å². The minimum atomic E-state index is -0.0558. The van der Waals surface area contributed by atoms with Crippen LogP contribution in [-0.2, 0) is 9.53 Å². The predicted molar refractivity (Wildman–Crippen MR) is 66.0 cm³/mol. The van der Waals surface area contributed by atoms with Crippen LogP contribution in [0, 0.1) is 17.8 Å². The van der Waals surface area contributed by atoms with Gasteiger partial charge in [0.1, 0.15) is 6.61 Å². The molecule has 0 radical (unpaired) electrons. The summed E-state index contributed by atoms with van der Waals surface area (Å²) in [7, 11) is 0. The molecule has 4 heteroatoms. The van der Waals surface area contributed by atoms with E-state index >= 15 is 0 Å². The molecule has 0 bridgehead atoms. The van der Waals surface area contributed by atoms with Gasteiger partial charge in [-0.25, -0.2) is 0 Å². The highest BCUT2D eigenvalue weighted by Crippen LogP contribution is 2.19. The van der Waals surface area contributed by atoms with Crippen molar-refractivity contribution in [3.8, 4) is 0 Å². The molecule has 0 fully saturated rings. The number of nitrogens with one attached hydrogen (secondary N) is 1. The van der Waals surface area contributed by atoms with Gasteiger partial charge in [-0.3, -0.25) is 4.79 Å². The zero-order valence-electron chi connectivity index (χ0n) is 11.0. The molecule has 4 nitrogen and oxygen atoms in total. The van der Waals surface area contributed by atoms with E-state index in [-0.39, 0.29) is 12.5 Å². The summed E-state index contributed by atoms with van der Waals surface area (Å²) < 4.78 is 5.06. The number of carbonyl (C=O) groups excluding carboxylic acids is 1. The van der Waals surface area contributed by atoms with Crippen LogP contribution in [0.1, 0.15) is 27.7 Å². The highest BCUT2D eigenvalue weighted by atomic mass is 16.5. The summed E-state index contributed by atoms with van der Waals surface area (Å²) in [6, 6.07) is 0. The van der Waals surface area contributed by atoms with Crippen LogP contribution < -0.4 is 11.1 Å². The van der Waals surface area contributed by atoms with E-state index in [1.54, 1.807) is 0 Å². The molecule has 0 aliphatic carbocycles. The summed E-state index contributed by atoms with van der Waals surface area (Å²) in [5.41, 5.74) is 5.26. The lowest BCUT2D eigenvalue weighted by Crippen LogP contribution is -2.36. The van der Waals surface area contributed by atoms with Crippen LogP contribution in [0.4, 0.5) is 0 Å². The summed E-state index contributed by atoms with van der Waals surface area (Å²) in [5, 5.41) is 2.90. The number of hydrogen-bond acceptors (Lipinski definition) is 3. The molecule has 0 aliphatic rings. The number of nitrogens with two attached hydrogens (primary N) is 1. The average molecular weight is 230 g/mol. The summed E-state index contributed by atoms with van der Waals surface area (Å²) in [5.74, 6) is 1.61. The van der Waals surface area contributed by atoms with Gasteiger partial charge in [0.15, 0.2) is 0 Å². The van der Waals surface area contributed by atoms with E-state index in [4.69, 9.17) is 10.5 Å². The maximum absolute atomic E-state index is 11.4. The molecule has 0 aromatic rings.